The van der Waals surface area contributed by atoms with Crippen molar-refractivity contribution >= 4 is 17.3 Å². The maximum atomic E-state index is 13.3. The van der Waals surface area contributed by atoms with E-state index in [4.69, 9.17) is 0 Å². The standard InChI is InChI=1S/C28H29N5O4/c1-30(2)25(34)21-10-8-20(9-11-21)22-5-3-6-23(17-22)26(35)31-15-12-28(37,13-16-31)18-32-19-29-33-14-4-7-24(33)27(32)36/h3-11,14,17,19,37H,12-13,15-16,18H2,1-2H3. The highest BCUT2D eigenvalue weighted by molar-refractivity contribution is 5.96. The van der Waals surface area contributed by atoms with Crippen LogP contribution in [-0.4, -0.2) is 73.7 Å². The summed E-state index contributed by atoms with van der Waals surface area (Å²) in [6.45, 7) is 0.900. The van der Waals surface area contributed by atoms with Crippen molar-refractivity contribution in [2.75, 3.05) is 27.2 Å². The van der Waals surface area contributed by atoms with E-state index in [9.17, 15) is 19.5 Å². The average molecular weight is 500 g/mol. The number of hydrogen-bond acceptors (Lipinski definition) is 5. The molecule has 1 N–H and O–H groups in total. The molecule has 0 aliphatic carbocycles. The molecule has 3 heterocycles. The summed E-state index contributed by atoms with van der Waals surface area (Å²) in [6.07, 6.45) is 3.87. The first-order valence-electron chi connectivity index (χ1n) is 12.2. The van der Waals surface area contributed by atoms with Gasteiger partial charge in [0, 0.05) is 44.5 Å². The first-order chi connectivity index (χ1) is 17.7. The number of aromatic nitrogens is 3. The van der Waals surface area contributed by atoms with Gasteiger partial charge in [-0.15, -0.1) is 0 Å². The molecule has 2 aromatic carbocycles. The molecule has 4 aromatic rings. The van der Waals surface area contributed by atoms with E-state index in [1.54, 1.807) is 55.5 Å². The van der Waals surface area contributed by atoms with Crippen LogP contribution in [0.3, 0.4) is 0 Å². The molecule has 0 bridgehead atoms. The Bertz CT molecular complexity index is 1510. The molecule has 190 valence electrons. The maximum absolute atomic E-state index is 13.3. The van der Waals surface area contributed by atoms with Crippen molar-refractivity contribution in [1.82, 2.24) is 24.0 Å². The van der Waals surface area contributed by atoms with Gasteiger partial charge in [0.2, 0.25) is 0 Å². The van der Waals surface area contributed by atoms with Crippen LogP contribution < -0.4 is 5.56 Å². The second kappa shape index (κ2) is 9.67. The lowest BCUT2D eigenvalue weighted by atomic mass is 9.90. The lowest BCUT2D eigenvalue weighted by Gasteiger charge is -2.38. The second-order valence-corrected chi connectivity index (χ2v) is 9.78. The van der Waals surface area contributed by atoms with Crippen molar-refractivity contribution in [1.29, 1.82) is 0 Å². The van der Waals surface area contributed by atoms with Gasteiger partial charge < -0.3 is 14.9 Å². The van der Waals surface area contributed by atoms with Crippen LogP contribution in [-0.2, 0) is 6.54 Å². The van der Waals surface area contributed by atoms with Gasteiger partial charge in [0.25, 0.3) is 17.4 Å². The average Bonchev–Trinajstić information content (AvgIpc) is 3.40. The van der Waals surface area contributed by atoms with Gasteiger partial charge in [-0.1, -0.05) is 24.3 Å². The van der Waals surface area contributed by atoms with E-state index in [2.05, 4.69) is 5.10 Å². The smallest absolute Gasteiger partial charge is 0.277 e. The topological polar surface area (TPSA) is 100 Å². The molecule has 0 saturated carbocycles. The van der Waals surface area contributed by atoms with Crippen molar-refractivity contribution in [3.05, 3.63) is 94.7 Å². The minimum Gasteiger partial charge on any atom is -0.388 e. The monoisotopic (exact) mass is 499 g/mol. The van der Waals surface area contributed by atoms with E-state index >= 15 is 0 Å². The van der Waals surface area contributed by atoms with E-state index in [0.717, 1.165) is 11.1 Å². The Morgan fingerprint density at radius 2 is 1.70 bits per heavy atom. The summed E-state index contributed by atoms with van der Waals surface area (Å²) in [5, 5.41) is 15.4. The molecule has 1 fully saturated rings. The number of hydrogen-bond donors (Lipinski definition) is 1. The van der Waals surface area contributed by atoms with Crippen LogP contribution in [0, 0.1) is 0 Å². The zero-order valence-corrected chi connectivity index (χ0v) is 20.9. The van der Waals surface area contributed by atoms with Crippen LogP contribution in [0.5, 0.6) is 0 Å². The fourth-order valence-electron chi connectivity index (χ4n) is 4.75. The molecule has 0 unspecified atom stereocenters. The number of piperidine rings is 1. The van der Waals surface area contributed by atoms with Gasteiger partial charge >= 0.3 is 0 Å². The number of rotatable bonds is 5. The third kappa shape index (κ3) is 4.90. The number of benzene rings is 2. The summed E-state index contributed by atoms with van der Waals surface area (Å²) in [5.74, 6) is -0.163. The molecular formula is C28H29N5O4. The van der Waals surface area contributed by atoms with E-state index in [-0.39, 0.29) is 23.9 Å². The van der Waals surface area contributed by atoms with Crippen LogP contribution in [0.15, 0.2) is 78.0 Å². The number of fused-ring (bicyclic) bond motifs is 1. The summed E-state index contributed by atoms with van der Waals surface area (Å²) in [4.78, 5) is 41.4. The molecule has 1 aliphatic rings. The quantitative estimate of drug-likeness (QED) is 0.455. The van der Waals surface area contributed by atoms with Crippen molar-refractivity contribution in [3.63, 3.8) is 0 Å². The molecule has 0 radical (unpaired) electrons. The zero-order chi connectivity index (χ0) is 26.2. The number of amides is 2. The molecule has 9 heteroatoms. The fraction of sp³-hybridized carbons (Fsp3) is 0.286. The Balaban J connectivity index is 1.26. The first kappa shape index (κ1) is 24.5. The van der Waals surface area contributed by atoms with E-state index < -0.39 is 5.60 Å². The van der Waals surface area contributed by atoms with Crippen molar-refractivity contribution < 1.29 is 14.7 Å². The van der Waals surface area contributed by atoms with Crippen molar-refractivity contribution in [3.8, 4) is 11.1 Å². The number of carbonyl (C=O) groups excluding carboxylic acids is 2. The zero-order valence-electron chi connectivity index (χ0n) is 20.9. The van der Waals surface area contributed by atoms with Gasteiger partial charge in [-0.05, 0) is 60.4 Å². The minimum absolute atomic E-state index is 0.0629. The maximum Gasteiger partial charge on any atom is 0.277 e. The fourth-order valence-corrected chi connectivity index (χ4v) is 4.75. The van der Waals surface area contributed by atoms with Gasteiger partial charge in [0.15, 0.2) is 0 Å². The number of nitrogens with zero attached hydrogens (tertiary/aromatic N) is 5. The lowest BCUT2D eigenvalue weighted by molar-refractivity contribution is -0.0300. The van der Waals surface area contributed by atoms with E-state index in [1.807, 2.05) is 30.3 Å². The van der Waals surface area contributed by atoms with Gasteiger partial charge in [0.05, 0.1) is 12.1 Å². The summed E-state index contributed by atoms with van der Waals surface area (Å²) < 4.78 is 2.95. The summed E-state index contributed by atoms with van der Waals surface area (Å²) in [5.41, 5.74) is 2.12. The third-order valence-corrected chi connectivity index (χ3v) is 6.95. The second-order valence-electron chi connectivity index (χ2n) is 9.78. The Kier molecular flexibility index (Phi) is 6.39. The van der Waals surface area contributed by atoms with Gasteiger partial charge in [0.1, 0.15) is 11.8 Å². The Hall–Kier alpha value is -4.24. The van der Waals surface area contributed by atoms with Crippen LogP contribution in [0.25, 0.3) is 16.6 Å². The Morgan fingerprint density at radius 1 is 0.973 bits per heavy atom. The van der Waals surface area contributed by atoms with Crippen molar-refractivity contribution in [2.24, 2.45) is 0 Å². The molecule has 1 aliphatic heterocycles. The normalized spacial score (nSPS) is 15.1. The lowest BCUT2D eigenvalue weighted by Crippen LogP contribution is -2.49. The highest BCUT2D eigenvalue weighted by atomic mass is 16.3. The molecule has 37 heavy (non-hydrogen) atoms. The predicted molar refractivity (Wildman–Crippen MR) is 139 cm³/mol. The SMILES string of the molecule is CN(C)C(=O)c1ccc(-c2cccc(C(=O)N3CCC(O)(Cn4cnn5cccc5c4=O)CC3)c2)cc1. The van der Waals surface area contributed by atoms with Crippen LogP contribution in [0.2, 0.25) is 0 Å². The first-order valence-corrected chi connectivity index (χ1v) is 12.2. The predicted octanol–water partition coefficient (Wildman–Crippen LogP) is 2.53. The molecule has 0 spiro atoms. The van der Waals surface area contributed by atoms with E-state index in [0.29, 0.717) is 42.6 Å². The Labute approximate surface area is 214 Å². The molecule has 2 amide bonds. The minimum atomic E-state index is -1.10. The van der Waals surface area contributed by atoms with E-state index in [1.165, 1.54) is 20.3 Å². The van der Waals surface area contributed by atoms with Crippen molar-refractivity contribution in [2.45, 2.75) is 25.0 Å². The Morgan fingerprint density at radius 3 is 2.41 bits per heavy atom. The molecule has 1 saturated heterocycles. The number of likely N-dealkylation sites (tertiary alicyclic amines) is 1. The summed E-state index contributed by atoms with van der Waals surface area (Å²) in [6, 6.07) is 18.2. The van der Waals surface area contributed by atoms with Crippen LogP contribution >= 0.6 is 0 Å². The molecule has 5 rings (SSSR count). The number of aliphatic hydroxyl groups is 1. The van der Waals surface area contributed by atoms with Gasteiger partial charge in [-0.2, -0.15) is 5.10 Å². The van der Waals surface area contributed by atoms with Crippen LogP contribution in [0.1, 0.15) is 33.6 Å². The summed E-state index contributed by atoms with van der Waals surface area (Å²) >= 11 is 0. The van der Waals surface area contributed by atoms with Gasteiger partial charge in [-0.25, -0.2) is 4.52 Å². The highest BCUT2D eigenvalue weighted by Crippen LogP contribution is 2.26. The molecular weight excluding hydrogens is 470 g/mol. The molecule has 9 nitrogen and oxygen atoms in total. The molecule has 0 atom stereocenters. The molecule has 2 aromatic heterocycles. The summed E-state index contributed by atoms with van der Waals surface area (Å²) in [7, 11) is 3.43. The third-order valence-electron chi connectivity index (χ3n) is 6.95. The van der Waals surface area contributed by atoms with Crippen LogP contribution in [0.4, 0.5) is 0 Å². The largest absolute Gasteiger partial charge is 0.388 e. The van der Waals surface area contributed by atoms with Gasteiger partial charge in [-0.3, -0.25) is 19.0 Å². The number of carbonyl (C=O) groups is 2. The highest BCUT2D eigenvalue weighted by Gasteiger charge is 2.35.